The molecular weight excluding hydrogens is 315 g/mol. The summed E-state index contributed by atoms with van der Waals surface area (Å²) < 4.78 is 17.8. The summed E-state index contributed by atoms with van der Waals surface area (Å²) in [7, 11) is -0.432. The summed E-state index contributed by atoms with van der Waals surface area (Å²) in [5.74, 6) is -0.0952. The first kappa shape index (κ1) is 22.0. The molecule has 1 heterocycles. The number of hydrogen-bond acceptors (Lipinski definition) is 4. The summed E-state index contributed by atoms with van der Waals surface area (Å²) in [4.78, 5) is 12.1. The maximum Gasteiger partial charge on any atom is 0.469 e. The summed E-state index contributed by atoms with van der Waals surface area (Å²) in [6.07, 6.45) is 5.50. The second kappa shape index (κ2) is 7.67. The predicted octanol–water partition coefficient (Wildman–Crippen LogP) is 4.95. The van der Waals surface area contributed by atoms with Crippen LogP contribution in [0.1, 0.15) is 69.2 Å². The van der Waals surface area contributed by atoms with Gasteiger partial charge in [0.2, 0.25) is 0 Å². The van der Waals surface area contributed by atoms with Crippen LogP contribution in [-0.4, -0.2) is 29.9 Å². The Hall–Kier alpha value is -1.07. The summed E-state index contributed by atoms with van der Waals surface area (Å²) in [5.41, 5.74) is -0.209. The van der Waals surface area contributed by atoms with Crippen LogP contribution in [0.15, 0.2) is 23.8 Å². The van der Waals surface area contributed by atoms with Crippen molar-refractivity contribution in [2.75, 3.05) is 0 Å². The predicted molar refractivity (Wildman–Crippen MR) is 103 cm³/mol. The highest BCUT2D eigenvalue weighted by Crippen LogP contribution is 2.42. The van der Waals surface area contributed by atoms with Crippen molar-refractivity contribution in [1.29, 1.82) is 0 Å². The molecule has 1 saturated heterocycles. The van der Waals surface area contributed by atoms with E-state index in [0.29, 0.717) is 5.92 Å². The Bertz CT molecular complexity index is 522. The largest absolute Gasteiger partial charge is 0.469 e. The highest BCUT2D eigenvalue weighted by Gasteiger charge is 2.53. The van der Waals surface area contributed by atoms with Crippen LogP contribution in [-0.2, 0) is 18.8 Å². The zero-order chi connectivity index (χ0) is 19.6. The van der Waals surface area contributed by atoms with Crippen LogP contribution < -0.4 is 0 Å². The van der Waals surface area contributed by atoms with Crippen molar-refractivity contribution >= 4 is 13.1 Å². The normalized spacial score (nSPS) is 21.9. The Labute approximate surface area is 154 Å². The average Bonchev–Trinajstić information content (AvgIpc) is 2.54. The number of carbonyl (C=O) groups excluding carboxylic acids is 1. The molecule has 0 amide bonds. The zero-order valence-electron chi connectivity index (χ0n) is 17.6. The van der Waals surface area contributed by atoms with Gasteiger partial charge < -0.3 is 14.0 Å². The maximum absolute atomic E-state index is 12.1. The molecule has 0 N–H and O–H groups in total. The smallest absolute Gasteiger partial charge is 0.457 e. The molecule has 0 aromatic heterocycles. The number of rotatable bonds is 5. The quantitative estimate of drug-likeness (QED) is 0.305. The summed E-state index contributed by atoms with van der Waals surface area (Å²) >= 11 is 0. The number of hydrogen-bond donors (Lipinski definition) is 0. The molecular formula is C20H35BO4. The number of allylic oxidation sites excluding steroid dienone is 3. The van der Waals surface area contributed by atoms with E-state index in [2.05, 4.69) is 26.8 Å². The van der Waals surface area contributed by atoms with Gasteiger partial charge in [-0.1, -0.05) is 31.6 Å². The molecule has 5 heteroatoms. The van der Waals surface area contributed by atoms with Gasteiger partial charge in [0.1, 0.15) is 5.60 Å². The van der Waals surface area contributed by atoms with Crippen molar-refractivity contribution in [3.63, 3.8) is 0 Å². The monoisotopic (exact) mass is 350 g/mol. The van der Waals surface area contributed by atoms with Gasteiger partial charge in [-0.2, -0.15) is 0 Å². The molecule has 1 rings (SSSR count). The molecule has 142 valence electrons. The van der Waals surface area contributed by atoms with Gasteiger partial charge in [0.05, 0.1) is 11.2 Å². The van der Waals surface area contributed by atoms with E-state index in [1.165, 1.54) is 6.08 Å². The lowest BCUT2D eigenvalue weighted by atomic mass is 9.67. The standard InChI is InChI=1S/C20H35BO4/c1-14(2)13-15(3)16(11-12-17(22)23-18(4,5)6)21-24-19(7,8)20(9,10)25-21/h11-14,16H,1-10H3/b12-11+,15-13+. The topological polar surface area (TPSA) is 44.8 Å². The minimum Gasteiger partial charge on any atom is -0.457 e. The van der Waals surface area contributed by atoms with E-state index in [1.54, 1.807) is 0 Å². The first-order valence-corrected chi connectivity index (χ1v) is 9.10. The second-order valence-electron chi connectivity index (χ2n) is 9.20. The zero-order valence-corrected chi connectivity index (χ0v) is 17.6. The van der Waals surface area contributed by atoms with Crippen molar-refractivity contribution < 1.29 is 18.8 Å². The third-order valence-corrected chi connectivity index (χ3v) is 4.53. The second-order valence-corrected chi connectivity index (χ2v) is 9.20. The highest BCUT2D eigenvalue weighted by atomic mass is 16.7. The minimum absolute atomic E-state index is 0.143. The van der Waals surface area contributed by atoms with E-state index in [4.69, 9.17) is 14.0 Å². The Morgan fingerprint density at radius 1 is 1.08 bits per heavy atom. The molecule has 1 aliphatic heterocycles. The summed E-state index contributed by atoms with van der Waals surface area (Å²) in [6.45, 7) is 20.0. The Morgan fingerprint density at radius 2 is 1.56 bits per heavy atom. The van der Waals surface area contributed by atoms with Crippen LogP contribution >= 0.6 is 0 Å². The van der Waals surface area contributed by atoms with Gasteiger partial charge in [0.15, 0.2) is 0 Å². The van der Waals surface area contributed by atoms with Gasteiger partial charge in [0, 0.05) is 11.9 Å². The molecule has 0 saturated carbocycles. The van der Waals surface area contributed by atoms with E-state index in [1.807, 2.05) is 54.5 Å². The average molecular weight is 350 g/mol. The van der Waals surface area contributed by atoms with Gasteiger partial charge >= 0.3 is 13.1 Å². The fourth-order valence-corrected chi connectivity index (χ4v) is 2.65. The molecule has 0 aromatic carbocycles. The molecule has 0 aliphatic carbocycles. The van der Waals surface area contributed by atoms with Crippen molar-refractivity contribution in [2.45, 2.75) is 91.9 Å². The van der Waals surface area contributed by atoms with Crippen LogP contribution in [0.2, 0.25) is 5.82 Å². The fourth-order valence-electron chi connectivity index (χ4n) is 2.65. The number of esters is 1. The van der Waals surface area contributed by atoms with Crippen LogP contribution in [0.5, 0.6) is 0 Å². The molecule has 0 radical (unpaired) electrons. The summed E-state index contributed by atoms with van der Waals surface area (Å²) in [6, 6.07) is 0. The first-order valence-electron chi connectivity index (χ1n) is 9.10. The van der Waals surface area contributed by atoms with Crippen LogP contribution in [0.4, 0.5) is 0 Å². The molecule has 1 fully saturated rings. The van der Waals surface area contributed by atoms with Gasteiger partial charge in [-0.05, 0) is 61.3 Å². The SMILES string of the molecule is C/C(=C\C(C)C)C(/C=C/C(=O)OC(C)(C)C)B1OC(C)(C)C(C)(C)O1. The summed E-state index contributed by atoms with van der Waals surface area (Å²) in [5, 5.41) is 0. The molecule has 0 bridgehead atoms. The van der Waals surface area contributed by atoms with Crippen LogP contribution in [0.3, 0.4) is 0 Å². The van der Waals surface area contributed by atoms with Crippen molar-refractivity contribution in [1.82, 2.24) is 0 Å². The Kier molecular flexibility index (Phi) is 6.74. The molecule has 1 aliphatic rings. The van der Waals surface area contributed by atoms with E-state index >= 15 is 0 Å². The lowest BCUT2D eigenvalue weighted by molar-refractivity contribution is -0.148. The molecule has 4 nitrogen and oxygen atoms in total. The lowest BCUT2D eigenvalue weighted by Gasteiger charge is -2.32. The number of carbonyl (C=O) groups is 1. The van der Waals surface area contributed by atoms with Gasteiger partial charge in [-0.15, -0.1) is 0 Å². The van der Waals surface area contributed by atoms with Crippen molar-refractivity contribution in [2.24, 2.45) is 5.92 Å². The molecule has 0 spiro atoms. The maximum atomic E-state index is 12.1. The van der Waals surface area contributed by atoms with E-state index in [-0.39, 0.29) is 11.8 Å². The van der Waals surface area contributed by atoms with Crippen LogP contribution in [0, 0.1) is 5.92 Å². The lowest BCUT2D eigenvalue weighted by Crippen LogP contribution is -2.41. The Morgan fingerprint density at radius 3 is 1.96 bits per heavy atom. The minimum atomic E-state index is -0.510. The molecule has 0 aromatic rings. The Balaban J connectivity index is 3.06. The molecule has 1 unspecified atom stereocenters. The van der Waals surface area contributed by atoms with Gasteiger partial charge in [-0.3, -0.25) is 0 Å². The molecule has 1 atom stereocenters. The van der Waals surface area contributed by atoms with Crippen LogP contribution in [0.25, 0.3) is 0 Å². The van der Waals surface area contributed by atoms with Gasteiger partial charge in [0.25, 0.3) is 0 Å². The third kappa shape index (κ3) is 6.30. The van der Waals surface area contributed by atoms with E-state index < -0.39 is 23.9 Å². The number of ether oxygens (including phenoxy) is 1. The third-order valence-electron chi connectivity index (χ3n) is 4.53. The van der Waals surface area contributed by atoms with Crippen molar-refractivity contribution in [3.05, 3.63) is 23.8 Å². The van der Waals surface area contributed by atoms with E-state index in [0.717, 1.165) is 5.57 Å². The molecule has 25 heavy (non-hydrogen) atoms. The fraction of sp³-hybridized carbons (Fsp3) is 0.750. The van der Waals surface area contributed by atoms with Crippen molar-refractivity contribution in [3.8, 4) is 0 Å². The van der Waals surface area contributed by atoms with Gasteiger partial charge in [-0.25, -0.2) is 4.79 Å². The highest BCUT2D eigenvalue weighted by molar-refractivity contribution is 6.49. The van der Waals surface area contributed by atoms with E-state index in [9.17, 15) is 4.79 Å². The first-order chi connectivity index (χ1) is 11.1.